The van der Waals surface area contributed by atoms with Gasteiger partial charge in [0.05, 0.1) is 5.56 Å². The van der Waals surface area contributed by atoms with Gasteiger partial charge >= 0.3 is 5.97 Å². The van der Waals surface area contributed by atoms with Crippen molar-refractivity contribution in [2.75, 3.05) is 5.75 Å². The second-order valence-corrected chi connectivity index (χ2v) is 7.18. The molecule has 1 amide bonds. The fraction of sp³-hybridized carbons (Fsp3) is 0.294. The molecular weight excluding hydrogens is 346 g/mol. The van der Waals surface area contributed by atoms with Crippen LogP contribution in [0.3, 0.4) is 0 Å². The molecular formula is C17H19NO6S. The molecule has 0 bridgehead atoms. The first-order valence-electron chi connectivity index (χ1n) is 7.72. The van der Waals surface area contributed by atoms with Crippen molar-refractivity contribution in [2.24, 2.45) is 0 Å². The molecule has 0 saturated carbocycles. The van der Waals surface area contributed by atoms with Crippen LogP contribution in [-0.4, -0.2) is 41.7 Å². The van der Waals surface area contributed by atoms with Crippen molar-refractivity contribution in [2.45, 2.75) is 25.8 Å². The lowest BCUT2D eigenvalue weighted by Gasteiger charge is -2.16. The van der Waals surface area contributed by atoms with Gasteiger partial charge in [-0.05, 0) is 22.8 Å². The fourth-order valence-electron chi connectivity index (χ4n) is 2.68. The Morgan fingerprint density at radius 2 is 1.84 bits per heavy atom. The van der Waals surface area contributed by atoms with Crippen molar-refractivity contribution in [1.29, 1.82) is 0 Å². The van der Waals surface area contributed by atoms with E-state index in [9.17, 15) is 18.0 Å². The van der Waals surface area contributed by atoms with Crippen LogP contribution in [0.5, 0.6) is 0 Å². The van der Waals surface area contributed by atoms with Crippen LogP contribution in [0, 0.1) is 0 Å². The summed E-state index contributed by atoms with van der Waals surface area (Å²) in [6, 6.07) is 9.11. The van der Waals surface area contributed by atoms with Gasteiger partial charge < -0.3 is 10.4 Å². The minimum Gasteiger partial charge on any atom is -0.480 e. The first-order valence-corrected chi connectivity index (χ1v) is 9.33. The molecule has 0 saturated heterocycles. The number of carboxylic acid groups (broad SMARTS) is 1. The number of carbonyl (C=O) groups excluding carboxylic acids is 1. The monoisotopic (exact) mass is 365 g/mol. The molecule has 3 N–H and O–H groups in total. The van der Waals surface area contributed by atoms with Crippen LogP contribution in [0.25, 0.3) is 10.8 Å². The number of carbonyl (C=O) groups is 2. The number of benzene rings is 2. The first kappa shape index (κ1) is 18.9. The quantitative estimate of drug-likeness (QED) is 0.644. The number of carboxylic acids is 1. The van der Waals surface area contributed by atoms with Gasteiger partial charge in [0, 0.05) is 0 Å². The Labute approximate surface area is 145 Å². The van der Waals surface area contributed by atoms with Crippen molar-refractivity contribution < 1.29 is 27.7 Å². The lowest BCUT2D eigenvalue weighted by atomic mass is 9.95. The Balaban J connectivity index is 2.46. The predicted octanol–water partition coefficient (Wildman–Crippen LogP) is 1.86. The zero-order valence-corrected chi connectivity index (χ0v) is 14.4. The molecule has 0 radical (unpaired) electrons. The number of rotatable bonds is 7. The van der Waals surface area contributed by atoms with Crippen LogP contribution in [0.4, 0.5) is 0 Å². The molecule has 8 heteroatoms. The third kappa shape index (κ3) is 4.77. The average Bonchev–Trinajstić information content (AvgIpc) is 2.52. The fourth-order valence-corrected chi connectivity index (χ4v) is 3.33. The average molecular weight is 365 g/mol. The smallest absolute Gasteiger partial charge is 0.327 e. The summed E-state index contributed by atoms with van der Waals surface area (Å²) in [5.41, 5.74) is 1.07. The highest BCUT2D eigenvalue weighted by atomic mass is 32.2. The molecule has 2 rings (SSSR count). The first-order chi connectivity index (χ1) is 11.7. The second kappa shape index (κ2) is 7.62. The topological polar surface area (TPSA) is 121 Å². The van der Waals surface area contributed by atoms with Crippen LogP contribution in [0.1, 0.15) is 29.3 Å². The molecule has 134 valence electrons. The molecule has 0 aromatic heterocycles. The van der Waals surface area contributed by atoms with E-state index in [1.165, 1.54) is 0 Å². The molecule has 0 aliphatic heterocycles. The molecule has 0 heterocycles. The molecule has 0 unspecified atom stereocenters. The number of hydrogen-bond donors (Lipinski definition) is 3. The van der Waals surface area contributed by atoms with E-state index in [1.807, 2.05) is 25.1 Å². The van der Waals surface area contributed by atoms with E-state index >= 15 is 0 Å². The molecule has 2 aromatic carbocycles. The summed E-state index contributed by atoms with van der Waals surface area (Å²) in [5.74, 6) is -3.32. The van der Waals surface area contributed by atoms with Gasteiger partial charge in [0.2, 0.25) is 0 Å². The van der Waals surface area contributed by atoms with Crippen molar-refractivity contribution in [3.05, 3.63) is 47.5 Å². The summed E-state index contributed by atoms with van der Waals surface area (Å²) in [5, 5.41) is 12.8. The van der Waals surface area contributed by atoms with Crippen molar-refractivity contribution in [3.63, 3.8) is 0 Å². The van der Waals surface area contributed by atoms with E-state index in [4.69, 9.17) is 9.66 Å². The van der Waals surface area contributed by atoms with E-state index in [2.05, 4.69) is 5.32 Å². The summed E-state index contributed by atoms with van der Waals surface area (Å²) >= 11 is 0. The minimum absolute atomic E-state index is 0.321. The van der Waals surface area contributed by atoms with Crippen LogP contribution < -0.4 is 5.32 Å². The van der Waals surface area contributed by atoms with Gasteiger partial charge in [-0.1, -0.05) is 49.7 Å². The molecule has 0 spiro atoms. The van der Waals surface area contributed by atoms with E-state index in [1.54, 1.807) is 18.2 Å². The van der Waals surface area contributed by atoms with Gasteiger partial charge in [-0.15, -0.1) is 0 Å². The van der Waals surface area contributed by atoms with Gasteiger partial charge in [0.1, 0.15) is 11.8 Å². The zero-order valence-electron chi connectivity index (χ0n) is 13.6. The Morgan fingerprint density at radius 1 is 1.16 bits per heavy atom. The second-order valence-electron chi connectivity index (χ2n) is 5.68. The Hall–Kier alpha value is -2.45. The normalized spacial score (nSPS) is 12.7. The summed E-state index contributed by atoms with van der Waals surface area (Å²) < 4.78 is 30.9. The van der Waals surface area contributed by atoms with Crippen LogP contribution in [0.15, 0.2) is 36.4 Å². The summed E-state index contributed by atoms with van der Waals surface area (Å²) in [7, 11) is -4.55. The molecule has 1 atom stereocenters. The van der Waals surface area contributed by atoms with Crippen LogP contribution in [-0.2, 0) is 21.3 Å². The third-order valence-corrected chi connectivity index (χ3v) is 4.50. The lowest BCUT2D eigenvalue weighted by Crippen LogP contribution is -2.45. The van der Waals surface area contributed by atoms with Crippen LogP contribution in [0.2, 0.25) is 0 Å². The molecule has 0 aliphatic carbocycles. The molecule has 2 aromatic rings. The van der Waals surface area contributed by atoms with Crippen molar-refractivity contribution in [3.8, 4) is 0 Å². The maximum absolute atomic E-state index is 12.7. The van der Waals surface area contributed by atoms with E-state index in [0.717, 1.165) is 17.4 Å². The molecule has 0 aliphatic rings. The maximum Gasteiger partial charge on any atom is 0.327 e. The van der Waals surface area contributed by atoms with Crippen molar-refractivity contribution >= 4 is 32.8 Å². The highest BCUT2D eigenvalue weighted by molar-refractivity contribution is 7.85. The number of aryl methyl sites for hydroxylation is 1. The van der Waals surface area contributed by atoms with Gasteiger partial charge in [-0.25, -0.2) is 4.79 Å². The number of nitrogens with one attached hydrogen (secondary N) is 1. The lowest BCUT2D eigenvalue weighted by molar-refractivity contribution is -0.138. The molecule has 25 heavy (non-hydrogen) atoms. The van der Waals surface area contributed by atoms with Crippen LogP contribution >= 0.6 is 0 Å². The van der Waals surface area contributed by atoms with E-state index < -0.39 is 33.8 Å². The number of aliphatic carboxylic acids is 1. The Morgan fingerprint density at radius 3 is 2.44 bits per heavy atom. The number of hydrogen-bond acceptors (Lipinski definition) is 4. The van der Waals surface area contributed by atoms with Gasteiger partial charge in [-0.3, -0.25) is 9.35 Å². The summed E-state index contributed by atoms with van der Waals surface area (Å²) in [4.78, 5) is 23.9. The molecule has 7 nitrogen and oxygen atoms in total. The van der Waals surface area contributed by atoms with Gasteiger partial charge in [-0.2, -0.15) is 8.42 Å². The summed E-state index contributed by atoms with van der Waals surface area (Å²) in [6.45, 7) is 1.95. The number of amides is 1. The third-order valence-electron chi connectivity index (χ3n) is 3.74. The van der Waals surface area contributed by atoms with Gasteiger partial charge in [0.15, 0.2) is 0 Å². The highest BCUT2D eigenvalue weighted by Crippen LogP contribution is 2.24. The van der Waals surface area contributed by atoms with E-state index in [0.29, 0.717) is 17.4 Å². The minimum atomic E-state index is -4.55. The number of fused-ring (bicyclic) bond motifs is 1. The Bertz CT molecular complexity index is 906. The van der Waals surface area contributed by atoms with Gasteiger partial charge in [0.25, 0.3) is 16.0 Å². The maximum atomic E-state index is 12.7. The molecule has 0 fully saturated rings. The summed E-state index contributed by atoms with van der Waals surface area (Å²) in [6.07, 6.45) is 1.40. The Kier molecular flexibility index (Phi) is 5.76. The van der Waals surface area contributed by atoms with Crippen molar-refractivity contribution in [1.82, 2.24) is 5.32 Å². The standard InChI is InChI=1S/C17H19NO6S/c1-2-5-12-9-8-11-6-3-4-7-13(11)15(12)16(19)18-14(17(20)21)10-25(22,23)24/h3-4,6-9,14H,2,5,10H2,1H3,(H,18,19)(H,20,21)(H,22,23,24)/t14-/m0/s1. The zero-order chi connectivity index (χ0) is 18.6. The van der Waals surface area contributed by atoms with E-state index in [-0.39, 0.29) is 0 Å². The largest absolute Gasteiger partial charge is 0.480 e. The highest BCUT2D eigenvalue weighted by Gasteiger charge is 2.27. The SMILES string of the molecule is CCCc1ccc2ccccc2c1C(=O)N[C@@H](CS(=O)(=O)O)C(=O)O. The predicted molar refractivity (Wildman–Crippen MR) is 93.2 cm³/mol.